The SMILES string of the molecule is O=C(CCCn1cnc2ccccc2c1=O)Nc1ncc(Cc2ccc(Cl)c(Cl)c2)s1. The lowest BCUT2D eigenvalue weighted by Gasteiger charge is -2.06. The van der Waals surface area contributed by atoms with E-state index in [9.17, 15) is 9.59 Å². The van der Waals surface area contributed by atoms with E-state index < -0.39 is 0 Å². The third-order valence-electron chi connectivity index (χ3n) is 4.70. The molecule has 0 aliphatic heterocycles. The highest BCUT2D eigenvalue weighted by molar-refractivity contribution is 7.15. The summed E-state index contributed by atoms with van der Waals surface area (Å²) in [5.74, 6) is -0.141. The number of amides is 1. The number of benzene rings is 2. The zero-order valence-electron chi connectivity index (χ0n) is 16.3. The second-order valence-electron chi connectivity index (χ2n) is 6.97. The fourth-order valence-corrected chi connectivity index (χ4v) is 4.34. The summed E-state index contributed by atoms with van der Waals surface area (Å²) in [7, 11) is 0. The molecular formula is C22H18Cl2N4O2S. The number of anilines is 1. The predicted octanol–water partition coefficient (Wildman–Crippen LogP) is 5.17. The third kappa shape index (κ3) is 5.31. The minimum absolute atomic E-state index is 0.0992. The molecule has 9 heteroatoms. The Balaban J connectivity index is 1.30. The monoisotopic (exact) mass is 472 g/mol. The molecule has 0 unspecified atom stereocenters. The number of nitrogens with zero attached hydrogens (tertiary/aromatic N) is 3. The second-order valence-corrected chi connectivity index (χ2v) is 8.90. The summed E-state index contributed by atoms with van der Waals surface area (Å²) in [6, 6.07) is 12.7. The Morgan fingerprint density at radius 2 is 1.94 bits per heavy atom. The smallest absolute Gasteiger partial charge is 0.261 e. The number of nitrogens with one attached hydrogen (secondary N) is 1. The summed E-state index contributed by atoms with van der Waals surface area (Å²) in [5, 5.41) is 4.97. The molecule has 0 aliphatic rings. The summed E-state index contributed by atoms with van der Waals surface area (Å²) >= 11 is 13.4. The van der Waals surface area contributed by atoms with Crippen molar-refractivity contribution in [3.8, 4) is 0 Å². The zero-order valence-corrected chi connectivity index (χ0v) is 18.7. The molecule has 1 amide bonds. The van der Waals surface area contributed by atoms with Crippen molar-refractivity contribution in [1.29, 1.82) is 0 Å². The normalized spacial score (nSPS) is 11.0. The highest BCUT2D eigenvalue weighted by Gasteiger charge is 2.09. The van der Waals surface area contributed by atoms with Crippen LogP contribution in [0.4, 0.5) is 5.13 Å². The number of halogens is 2. The van der Waals surface area contributed by atoms with Gasteiger partial charge in [-0.3, -0.25) is 14.2 Å². The topological polar surface area (TPSA) is 76.9 Å². The van der Waals surface area contributed by atoms with Crippen LogP contribution >= 0.6 is 34.5 Å². The molecule has 158 valence electrons. The van der Waals surface area contributed by atoms with Crippen LogP contribution in [-0.2, 0) is 17.8 Å². The van der Waals surface area contributed by atoms with Crippen molar-refractivity contribution < 1.29 is 4.79 Å². The van der Waals surface area contributed by atoms with E-state index in [1.165, 1.54) is 22.2 Å². The molecule has 2 heterocycles. The summed E-state index contributed by atoms with van der Waals surface area (Å²) in [6.45, 7) is 0.421. The third-order valence-corrected chi connectivity index (χ3v) is 6.35. The average molecular weight is 473 g/mol. The van der Waals surface area contributed by atoms with E-state index in [4.69, 9.17) is 23.2 Å². The summed E-state index contributed by atoms with van der Waals surface area (Å²) in [4.78, 5) is 34.3. The molecule has 4 aromatic rings. The molecule has 0 atom stereocenters. The van der Waals surface area contributed by atoms with Crippen LogP contribution in [0.5, 0.6) is 0 Å². The number of carbonyl (C=O) groups is 1. The molecule has 0 aliphatic carbocycles. The van der Waals surface area contributed by atoms with E-state index in [0.29, 0.717) is 45.5 Å². The van der Waals surface area contributed by atoms with Crippen LogP contribution in [0.3, 0.4) is 0 Å². The predicted molar refractivity (Wildman–Crippen MR) is 125 cm³/mol. The minimum atomic E-state index is -0.141. The first-order chi connectivity index (χ1) is 15.0. The van der Waals surface area contributed by atoms with Crippen LogP contribution in [0, 0.1) is 0 Å². The first-order valence-corrected chi connectivity index (χ1v) is 11.2. The van der Waals surface area contributed by atoms with Gasteiger partial charge in [0.05, 0.1) is 27.3 Å². The lowest BCUT2D eigenvalue weighted by atomic mass is 10.1. The van der Waals surface area contributed by atoms with E-state index >= 15 is 0 Å². The van der Waals surface area contributed by atoms with Crippen LogP contribution in [-0.4, -0.2) is 20.4 Å². The van der Waals surface area contributed by atoms with Crippen LogP contribution in [0.25, 0.3) is 10.9 Å². The maximum absolute atomic E-state index is 12.5. The van der Waals surface area contributed by atoms with E-state index in [-0.39, 0.29) is 17.9 Å². The number of fused-ring (bicyclic) bond motifs is 1. The van der Waals surface area contributed by atoms with Crippen molar-refractivity contribution >= 4 is 56.5 Å². The molecule has 2 aromatic heterocycles. The first kappa shape index (κ1) is 21.5. The van der Waals surface area contributed by atoms with Crippen LogP contribution < -0.4 is 10.9 Å². The highest BCUT2D eigenvalue weighted by Crippen LogP contribution is 2.26. The Labute approximate surface area is 192 Å². The van der Waals surface area contributed by atoms with Gasteiger partial charge < -0.3 is 5.32 Å². The van der Waals surface area contributed by atoms with E-state index in [0.717, 1.165) is 10.4 Å². The number of hydrogen-bond donors (Lipinski definition) is 1. The number of hydrogen-bond acceptors (Lipinski definition) is 5. The Morgan fingerprint density at radius 1 is 1.10 bits per heavy atom. The van der Waals surface area contributed by atoms with Crippen molar-refractivity contribution in [2.24, 2.45) is 0 Å². The Kier molecular flexibility index (Phi) is 6.65. The van der Waals surface area contributed by atoms with E-state index in [2.05, 4.69) is 15.3 Å². The number of carbonyl (C=O) groups excluding carboxylic acids is 1. The van der Waals surface area contributed by atoms with Crippen molar-refractivity contribution in [2.75, 3.05) is 5.32 Å². The van der Waals surface area contributed by atoms with Crippen molar-refractivity contribution in [3.63, 3.8) is 0 Å². The molecule has 31 heavy (non-hydrogen) atoms. The van der Waals surface area contributed by atoms with Crippen LogP contribution in [0.1, 0.15) is 23.3 Å². The van der Waals surface area contributed by atoms with Gasteiger partial charge in [-0.2, -0.15) is 0 Å². The molecule has 4 rings (SSSR count). The van der Waals surface area contributed by atoms with E-state index in [1.54, 1.807) is 24.4 Å². The number of rotatable bonds is 7. The number of thiazole rings is 1. The van der Waals surface area contributed by atoms with Gasteiger partial charge >= 0.3 is 0 Å². The van der Waals surface area contributed by atoms with Crippen molar-refractivity contribution in [1.82, 2.24) is 14.5 Å². The molecule has 2 aromatic carbocycles. The van der Waals surface area contributed by atoms with Crippen molar-refractivity contribution in [3.05, 3.63) is 85.8 Å². The molecule has 0 bridgehead atoms. The van der Waals surface area contributed by atoms with Gasteiger partial charge in [0, 0.05) is 30.5 Å². The number of aromatic nitrogens is 3. The fourth-order valence-electron chi connectivity index (χ4n) is 3.15. The van der Waals surface area contributed by atoms with Gasteiger partial charge in [0.2, 0.25) is 5.91 Å². The fraction of sp³-hybridized carbons (Fsp3) is 0.182. The van der Waals surface area contributed by atoms with Gasteiger partial charge in [0.15, 0.2) is 5.13 Å². The van der Waals surface area contributed by atoms with E-state index in [1.807, 2.05) is 24.3 Å². The van der Waals surface area contributed by atoms with Gasteiger partial charge in [-0.15, -0.1) is 11.3 Å². The first-order valence-electron chi connectivity index (χ1n) is 9.62. The van der Waals surface area contributed by atoms with Gasteiger partial charge in [-0.05, 0) is 36.2 Å². The molecule has 0 saturated heterocycles. The molecular weight excluding hydrogens is 455 g/mol. The zero-order chi connectivity index (χ0) is 21.8. The Morgan fingerprint density at radius 3 is 2.77 bits per heavy atom. The highest BCUT2D eigenvalue weighted by atomic mass is 35.5. The molecule has 6 nitrogen and oxygen atoms in total. The maximum Gasteiger partial charge on any atom is 0.261 e. The van der Waals surface area contributed by atoms with Gasteiger partial charge in [-0.1, -0.05) is 41.4 Å². The Bertz CT molecular complexity index is 1300. The largest absolute Gasteiger partial charge is 0.302 e. The Hall–Kier alpha value is -2.74. The van der Waals surface area contributed by atoms with Gasteiger partial charge in [0.25, 0.3) is 5.56 Å². The summed E-state index contributed by atoms with van der Waals surface area (Å²) in [6.07, 6.45) is 4.72. The van der Waals surface area contributed by atoms with Crippen LogP contribution in [0.15, 0.2) is 59.8 Å². The second kappa shape index (κ2) is 9.60. The quantitative estimate of drug-likeness (QED) is 0.402. The molecule has 0 saturated carbocycles. The number of para-hydroxylation sites is 1. The molecule has 0 radical (unpaired) electrons. The minimum Gasteiger partial charge on any atom is -0.302 e. The summed E-state index contributed by atoms with van der Waals surface area (Å²) in [5.41, 5.74) is 1.59. The van der Waals surface area contributed by atoms with Crippen LogP contribution in [0.2, 0.25) is 10.0 Å². The van der Waals surface area contributed by atoms with Crippen molar-refractivity contribution in [2.45, 2.75) is 25.8 Å². The van der Waals surface area contributed by atoms with Gasteiger partial charge in [-0.25, -0.2) is 9.97 Å². The number of aryl methyl sites for hydroxylation is 1. The standard InChI is InChI=1S/C22H18Cl2N4O2S/c23-17-8-7-14(11-18(17)24)10-15-12-25-22(31-15)27-20(29)6-3-9-28-13-26-19-5-2-1-4-16(19)21(28)30/h1-2,4-5,7-8,11-13H,3,6,9-10H2,(H,25,27,29). The average Bonchev–Trinajstić information content (AvgIpc) is 3.19. The molecule has 0 fully saturated rings. The summed E-state index contributed by atoms with van der Waals surface area (Å²) < 4.78 is 1.54. The van der Waals surface area contributed by atoms with Gasteiger partial charge in [0.1, 0.15) is 0 Å². The maximum atomic E-state index is 12.5. The lowest BCUT2D eigenvalue weighted by Crippen LogP contribution is -2.21. The molecule has 1 N–H and O–H groups in total. The molecule has 0 spiro atoms. The lowest BCUT2D eigenvalue weighted by molar-refractivity contribution is -0.116.